The minimum absolute atomic E-state index is 0.00317. The molecule has 2 rings (SSSR count). The summed E-state index contributed by atoms with van der Waals surface area (Å²) in [6.45, 7) is 11.5. The topological polar surface area (TPSA) is 41.6 Å². The van der Waals surface area contributed by atoms with E-state index in [2.05, 4.69) is 26.1 Å². The van der Waals surface area contributed by atoms with Crippen molar-refractivity contribution in [3.63, 3.8) is 0 Å². The smallest absolute Gasteiger partial charge is 0.252 e. The molecular weight excluding hydrogens is 395 g/mol. The van der Waals surface area contributed by atoms with Crippen molar-refractivity contribution in [3.05, 3.63) is 35.4 Å². The van der Waals surface area contributed by atoms with Crippen LogP contribution in [-0.2, 0) is 10.2 Å². The number of rotatable bonds is 3. The molecule has 0 bridgehead atoms. The SMILES string of the molecule is C[C@@H]1CN([C@H](NC(=O)c2ccc(C(C)(C)C)cc2)C(Cl)(Cl)Cl)C[C@@H](C)O1. The summed E-state index contributed by atoms with van der Waals surface area (Å²) in [7, 11) is 0. The molecule has 1 saturated heterocycles. The third kappa shape index (κ3) is 5.74. The molecule has 0 radical (unpaired) electrons. The number of amides is 1. The molecule has 1 heterocycles. The second-order valence-corrected chi connectivity index (χ2v) is 10.3. The van der Waals surface area contributed by atoms with E-state index >= 15 is 0 Å². The van der Waals surface area contributed by atoms with E-state index in [4.69, 9.17) is 39.5 Å². The van der Waals surface area contributed by atoms with Gasteiger partial charge in [-0.3, -0.25) is 9.69 Å². The van der Waals surface area contributed by atoms with Gasteiger partial charge in [0, 0.05) is 18.7 Å². The van der Waals surface area contributed by atoms with Crippen LogP contribution in [0.5, 0.6) is 0 Å². The summed E-state index contributed by atoms with van der Waals surface area (Å²) >= 11 is 18.5. The van der Waals surface area contributed by atoms with Gasteiger partial charge in [0.25, 0.3) is 5.91 Å². The molecule has 1 aliphatic heterocycles. The van der Waals surface area contributed by atoms with Crippen LogP contribution in [-0.4, -0.2) is 46.1 Å². The predicted molar refractivity (Wildman–Crippen MR) is 108 cm³/mol. The largest absolute Gasteiger partial charge is 0.373 e. The van der Waals surface area contributed by atoms with Gasteiger partial charge in [0.05, 0.1) is 12.2 Å². The van der Waals surface area contributed by atoms with Crippen molar-refractivity contribution in [1.82, 2.24) is 10.2 Å². The Kier molecular flexibility index (Phi) is 6.90. The number of carbonyl (C=O) groups is 1. The summed E-state index contributed by atoms with van der Waals surface area (Å²) in [6.07, 6.45) is -0.746. The first-order valence-corrected chi connectivity index (χ1v) is 9.89. The number of alkyl halides is 3. The van der Waals surface area contributed by atoms with Gasteiger partial charge in [0.2, 0.25) is 3.79 Å². The number of carbonyl (C=O) groups excluding carboxylic acids is 1. The first-order chi connectivity index (χ1) is 11.9. The molecule has 1 N–H and O–H groups in total. The minimum atomic E-state index is -1.65. The van der Waals surface area contributed by atoms with Gasteiger partial charge in [-0.05, 0) is 37.0 Å². The molecule has 1 aliphatic rings. The molecule has 1 aromatic rings. The molecule has 3 atom stereocenters. The zero-order chi connectivity index (χ0) is 19.7. The average molecular weight is 422 g/mol. The molecular formula is C19H27Cl3N2O2. The maximum atomic E-state index is 12.7. The van der Waals surface area contributed by atoms with E-state index in [1.807, 2.05) is 30.9 Å². The maximum Gasteiger partial charge on any atom is 0.252 e. The standard InChI is InChI=1S/C19H27Cl3N2O2/c1-12-10-24(11-13(2)26-12)17(19(20,21)22)23-16(25)14-6-8-15(9-7-14)18(3,4)5/h6-9,12-13,17H,10-11H2,1-5H3,(H,23,25)/t12-,13-,17+/m1/s1. The molecule has 0 aliphatic carbocycles. The zero-order valence-corrected chi connectivity index (χ0v) is 18.1. The minimum Gasteiger partial charge on any atom is -0.373 e. The molecule has 1 amide bonds. The Hall–Kier alpha value is -0.520. The van der Waals surface area contributed by atoms with Crippen LogP contribution in [0.15, 0.2) is 24.3 Å². The van der Waals surface area contributed by atoms with Crippen LogP contribution in [0.1, 0.15) is 50.5 Å². The van der Waals surface area contributed by atoms with Crippen molar-refractivity contribution < 1.29 is 9.53 Å². The molecule has 1 fully saturated rings. The Morgan fingerprint density at radius 1 is 1.12 bits per heavy atom. The van der Waals surface area contributed by atoms with E-state index in [9.17, 15) is 4.79 Å². The molecule has 146 valence electrons. The third-order valence-corrected chi connectivity index (χ3v) is 5.02. The third-order valence-electron chi connectivity index (χ3n) is 4.40. The van der Waals surface area contributed by atoms with Crippen molar-refractivity contribution >= 4 is 40.7 Å². The number of nitrogens with one attached hydrogen (secondary N) is 1. The summed E-state index contributed by atoms with van der Waals surface area (Å²) in [5, 5.41) is 2.88. The van der Waals surface area contributed by atoms with E-state index < -0.39 is 9.96 Å². The normalized spacial score (nSPS) is 23.5. The van der Waals surface area contributed by atoms with Gasteiger partial charge in [0.15, 0.2) is 0 Å². The molecule has 0 aromatic heterocycles. The Morgan fingerprint density at radius 3 is 2.04 bits per heavy atom. The Bertz CT molecular complexity index is 613. The molecule has 0 saturated carbocycles. The lowest BCUT2D eigenvalue weighted by atomic mass is 9.87. The monoisotopic (exact) mass is 420 g/mol. The van der Waals surface area contributed by atoms with Gasteiger partial charge in [-0.1, -0.05) is 67.7 Å². The number of nitrogens with zero attached hydrogens (tertiary/aromatic N) is 1. The first-order valence-electron chi connectivity index (χ1n) is 8.75. The number of halogens is 3. The molecule has 0 spiro atoms. The molecule has 0 unspecified atom stereocenters. The quantitative estimate of drug-likeness (QED) is 0.730. The molecule has 26 heavy (non-hydrogen) atoms. The second-order valence-electron chi connectivity index (χ2n) is 7.96. The van der Waals surface area contributed by atoms with Gasteiger partial charge in [-0.25, -0.2) is 0 Å². The molecule has 7 heteroatoms. The summed E-state index contributed by atoms with van der Waals surface area (Å²) < 4.78 is 4.08. The van der Waals surface area contributed by atoms with Crippen molar-refractivity contribution in [3.8, 4) is 0 Å². The van der Waals surface area contributed by atoms with E-state index in [0.29, 0.717) is 18.7 Å². The van der Waals surface area contributed by atoms with Gasteiger partial charge < -0.3 is 10.1 Å². The summed E-state index contributed by atoms with van der Waals surface area (Å²) in [5.74, 6) is -0.270. The van der Waals surface area contributed by atoms with E-state index in [-0.39, 0.29) is 23.5 Å². The van der Waals surface area contributed by atoms with Crippen LogP contribution in [0.25, 0.3) is 0 Å². The van der Waals surface area contributed by atoms with Crippen LogP contribution >= 0.6 is 34.8 Å². The van der Waals surface area contributed by atoms with Crippen molar-refractivity contribution in [2.75, 3.05) is 13.1 Å². The number of ether oxygens (including phenoxy) is 1. The van der Waals surface area contributed by atoms with Crippen molar-refractivity contribution in [2.45, 2.75) is 62.2 Å². The summed E-state index contributed by atoms with van der Waals surface area (Å²) in [5.41, 5.74) is 1.71. The zero-order valence-electron chi connectivity index (χ0n) is 15.9. The molecule has 1 aromatic carbocycles. The van der Waals surface area contributed by atoms with E-state index in [1.165, 1.54) is 0 Å². The van der Waals surface area contributed by atoms with Gasteiger partial charge in [-0.2, -0.15) is 0 Å². The lowest BCUT2D eigenvalue weighted by Gasteiger charge is -2.42. The summed E-state index contributed by atoms with van der Waals surface area (Å²) in [4.78, 5) is 14.7. The highest BCUT2D eigenvalue weighted by Crippen LogP contribution is 2.33. The van der Waals surface area contributed by atoms with Gasteiger partial charge >= 0.3 is 0 Å². The van der Waals surface area contributed by atoms with Crippen LogP contribution in [0.4, 0.5) is 0 Å². The fourth-order valence-corrected chi connectivity index (χ4v) is 3.72. The predicted octanol–water partition coefficient (Wildman–Crippen LogP) is 4.52. The highest BCUT2D eigenvalue weighted by molar-refractivity contribution is 6.68. The number of hydrogen-bond donors (Lipinski definition) is 1. The van der Waals surface area contributed by atoms with Gasteiger partial charge in [-0.15, -0.1) is 0 Å². The number of morpholine rings is 1. The van der Waals surface area contributed by atoms with Crippen LogP contribution in [0.2, 0.25) is 0 Å². The van der Waals surface area contributed by atoms with Crippen LogP contribution in [0.3, 0.4) is 0 Å². The van der Waals surface area contributed by atoms with Crippen molar-refractivity contribution in [1.29, 1.82) is 0 Å². The summed E-state index contributed by atoms with van der Waals surface area (Å²) in [6, 6.07) is 7.52. The Balaban J connectivity index is 2.16. The second kappa shape index (κ2) is 8.24. The highest BCUT2D eigenvalue weighted by Gasteiger charge is 2.41. The van der Waals surface area contributed by atoms with Crippen LogP contribution < -0.4 is 5.32 Å². The molecule has 4 nitrogen and oxygen atoms in total. The highest BCUT2D eigenvalue weighted by atomic mass is 35.6. The van der Waals surface area contributed by atoms with Crippen LogP contribution in [0, 0.1) is 0 Å². The lowest BCUT2D eigenvalue weighted by Crippen LogP contribution is -2.60. The fraction of sp³-hybridized carbons (Fsp3) is 0.632. The number of benzene rings is 1. The fourth-order valence-electron chi connectivity index (χ4n) is 3.14. The number of hydrogen-bond acceptors (Lipinski definition) is 3. The maximum absolute atomic E-state index is 12.7. The first kappa shape index (κ1) is 21.8. The van der Waals surface area contributed by atoms with E-state index in [0.717, 1.165) is 5.56 Å². The Morgan fingerprint density at radius 2 is 1.62 bits per heavy atom. The average Bonchev–Trinajstić information content (AvgIpc) is 2.49. The van der Waals surface area contributed by atoms with Crippen molar-refractivity contribution in [2.24, 2.45) is 0 Å². The lowest BCUT2D eigenvalue weighted by molar-refractivity contribution is -0.0826. The van der Waals surface area contributed by atoms with Gasteiger partial charge in [0.1, 0.15) is 6.17 Å². The van der Waals surface area contributed by atoms with E-state index in [1.54, 1.807) is 12.1 Å². The Labute approximate surface area is 171 Å².